The van der Waals surface area contributed by atoms with E-state index >= 15 is 0 Å². The van der Waals surface area contributed by atoms with Crippen molar-refractivity contribution in [2.24, 2.45) is 0 Å². The van der Waals surface area contributed by atoms with Gasteiger partial charge in [0, 0.05) is 21.3 Å². The normalized spacial score (nSPS) is 11.3. The zero-order valence-corrected chi connectivity index (χ0v) is 11.7. The molecule has 0 aliphatic rings. The molecule has 0 rings (SSSR count). The van der Waals surface area contributed by atoms with Crippen LogP contribution in [0.1, 0.15) is 0 Å². The molecule has 0 saturated heterocycles. The standard InChI is InChI=1S/C12H26O6/c1-13-4-7-16-10-12(18-9-6-15-3)11-17-8-5-14-2/h12H,4-11H2,1-3H3. The van der Waals surface area contributed by atoms with Crippen molar-refractivity contribution in [1.82, 2.24) is 0 Å². The molecule has 0 fully saturated rings. The van der Waals surface area contributed by atoms with Gasteiger partial charge in [0.25, 0.3) is 0 Å². The van der Waals surface area contributed by atoms with Gasteiger partial charge in [0.15, 0.2) is 0 Å². The summed E-state index contributed by atoms with van der Waals surface area (Å²) in [5.74, 6) is 0. The number of rotatable bonds is 14. The Kier molecular flexibility index (Phi) is 14.6. The first-order valence-electron chi connectivity index (χ1n) is 6.09. The van der Waals surface area contributed by atoms with Crippen LogP contribution in [0.4, 0.5) is 0 Å². The molecule has 0 aliphatic heterocycles. The molecule has 0 bridgehead atoms. The summed E-state index contributed by atoms with van der Waals surface area (Å²) in [6, 6.07) is 0. The summed E-state index contributed by atoms with van der Waals surface area (Å²) in [6.45, 7) is 4.33. The first-order chi connectivity index (χ1) is 8.85. The molecule has 0 radical (unpaired) electrons. The molecule has 0 atom stereocenters. The summed E-state index contributed by atoms with van der Waals surface area (Å²) in [5, 5.41) is 0. The first kappa shape index (κ1) is 17.8. The molecular weight excluding hydrogens is 240 g/mol. The van der Waals surface area contributed by atoms with Crippen molar-refractivity contribution in [2.45, 2.75) is 6.10 Å². The SMILES string of the molecule is COCCOCC(COCCOC)OCCOC. The molecule has 0 spiro atoms. The molecule has 0 N–H and O–H groups in total. The fraction of sp³-hybridized carbons (Fsp3) is 1.00. The summed E-state index contributed by atoms with van der Waals surface area (Å²) < 4.78 is 31.2. The van der Waals surface area contributed by atoms with Gasteiger partial charge in [-0.25, -0.2) is 0 Å². The summed E-state index contributed by atoms with van der Waals surface area (Å²) >= 11 is 0. The molecule has 18 heavy (non-hydrogen) atoms. The van der Waals surface area contributed by atoms with Crippen LogP contribution in [0.3, 0.4) is 0 Å². The van der Waals surface area contributed by atoms with Crippen molar-refractivity contribution in [3.8, 4) is 0 Å². The largest absolute Gasteiger partial charge is 0.382 e. The Balaban J connectivity index is 3.62. The highest BCUT2D eigenvalue weighted by atomic mass is 16.6. The number of hydrogen-bond acceptors (Lipinski definition) is 6. The second-order valence-electron chi connectivity index (χ2n) is 3.62. The maximum Gasteiger partial charge on any atom is 0.104 e. The van der Waals surface area contributed by atoms with Crippen molar-refractivity contribution in [2.75, 3.05) is 74.2 Å². The van der Waals surface area contributed by atoms with E-state index in [0.717, 1.165) is 0 Å². The lowest BCUT2D eigenvalue weighted by Gasteiger charge is -2.18. The average Bonchev–Trinajstić information content (AvgIpc) is 2.39. The van der Waals surface area contributed by atoms with Crippen molar-refractivity contribution in [1.29, 1.82) is 0 Å². The Bertz CT molecular complexity index is 144. The zero-order valence-electron chi connectivity index (χ0n) is 11.7. The molecule has 0 aliphatic carbocycles. The van der Waals surface area contributed by atoms with Crippen LogP contribution in [0.2, 0.25) is 0 Å². The molecule has 0 aromatic heterocycles. The second-order valence-corrected chi connectivity index (χ2v) is 3.62. The number of ether oxygens (including phenoxy) is 6. The lowest BCUT2D eigenvalue weighted by Crippen LogP contribution is -2.28. The smallest absolute Gasteiger partial charge is 0.104 e. The van der Waals surface area contributed by atoms with Crippen LogP contribution in [-0.2, 0) is 28.4 Å². The predicted octanol–water partition coefficient (Wildman–Crippen LogP) is 0.344. The summed E-state index contributed by atoms with van der Waals surface area (Å²) in [7, 11) is 4.93. The van der Waals surface area contributed by atoms with Crippen LogP contribution in [-0.4, -0.2) is 80.3 Å². The molecule has 0 aromatic rings. The number of hydrogen-bond donors (Lipinski definition) is 0. The van der Waals surface area contributed by atoms with Crippen LogP contribution in [0.25, 0.3) is 0 Å². The fourth-order valence-corrected chi connectivity index (χ4v) is 1.16. The van der Waals surface area contributed by atoms with Gasteiger partial charge in [-0.05, 0) is 0 Å². The Morgan fingerprint density at radius 3 is 1.50 bits per heavy atom. The van der Waals surface area contributed by atoms with Crippen LogP contribution < -0.4 is 0 Å². The van der Waals surface area contributed by atoms with E-state index in [1.54, 1.807) is 21.3 Å². The molecule has 6 nitrogen and oxygen atoms in total. The number of methoxy groups -OCH3 is 3. The van der Waals surface area contributed by atoms with E-state index in [4.69, 9.17) is 28.4 Å². The molecule has 110 valence electrons. The molecule has 6 heteroatoms. The Labute approximate surface area is 109 Å². The highest BCUT2D eigenvalue weighted by molar-refractivity contribution is 4.55. The Morgan fingerprint density at radius 1 is 0.611 bits per heavy atom. The van der Waals surface area contributed by atoms with E-state index in [2.05, 4.69) is 0 Å². The van der Waals surface area contributed by atoms with Gasteiger partial charge in [-0.15, -0.1) is 0 Å². The molecule has 0 heterocycles. The van der Waals surface area contributed by atoms with Gasteiger partial charge in [0.1, 0.15) is 6.10 Å². The van der Waals surface area contributed by atoms with Gasteiger partial charge in [0.2, 0.25) is 0 Å². The van der Waals surface area contributed by atoms with E-state index in [9.17, 15) is 0 Å². The topological polar surface area (TPSA) is 55.4 Å². The third-order valence-electron chi connectivity index (χ3n) is 2.11. The van der Waals surface area contributed by atoms with E-state index in [0.29, 0.717) is 52.9 Å². The van der Waals surface area contributed by atoms with E-state index < -0.39 is 0 Å². The summed E-state index contributed by atoms with van der Waals surface area (Å²) in [6.07, 6.45) is -0.0890. The van der Waals surface area contributed by atoms with Crippen molar-refractivity contribution < 1.29 is 28.4 Å². The summed E-state index contributed by atoms with van der Waals surface area (Å²) in [5.41, 5.74) is 0. The predicted molar refractivity (Wildman–Crippen MR) is 67.0 cm³/mol. The fourth-order valence-electron chi connectivity index (χ4n) is 1.16. The minimum absolute atomic E-state index is 0.0890. The van der Waals surface area contributed by atoms with E-state index in [1.807, 2.05) is 0 Å². The zero-order chi connectivity index (χ0) is 13.5. The van der Waals surface area contributed by atoms with Gasteiger partial charge in [-0.1, -0.05) is 0 Å². The van der Waals surface area contributed by atoms with Crippen molar-refractivity contribution >= 4 is 0 Å². The monoisotopic (exact) mass is 266 g/mol. The third-order valence-corrected chi connectivity index (χ3v) is 2.11. The first-order valence-corrected chi connectivity index (χ1v) is 6.09. The molecule has 0 saturated carbocycles. The van der Waals surface area contributed by atoms with Gasteiger partial charge < -0.3 is 28.4 Å². The minimum Gasteiger partial charge on any atom is -0.382 e. The van der Waals surface area contributed by atoms with Crippen LogP contribution in [0.15, 0.2) is 0 Å². The van der Waals surface area contributed by atoms with Gasteiger partial charge in [-0.3, -0.25) is 0 Å². The highest BCUT2D eigenvalue weighted by Gasteiger charge is 2.09. The lowest BCUT2D eigenvalue weighted by atomic mass is 10.4. The van der Waals surface area contributed by atoms with Gasteiger partial charge >= 0.3 is 0 Å². The Hall–Kier alpha value is -0.240. The third kappa shape index (κ3) is 12.2. The van der Waals surface area contributed by atoms with Crippen LogP contribution in [0, 0.1) is 0 Å². The quantitative estimate of drug-likeness (QED) is 0.423. The van der Waals surface area contributed by atoms with E-state index in [1.165, 1.54) is 0 Å². The van der Waals surface area contributed by atoms with E-state index in [-0.39, 0.29) is 6.10 Å². The minimum atomic E-state index is -0.0890. The van der Waals surface area contributed by atoms with Gasteiger partial charge in [-0.2, -0.15) is 0 Å². The average molecular weight is 266 g/mol. The maximum absolute atomic E-state index is 5.59. The van der Waals surface area contributed by atoms with Gasteiger partial charge in [0.05, 0.1) is 52.9 Å². The maximum atomic E-state index is 5.59. The van der Waals surface area contributed by atoms with Crippen LogP contribution in [0.5, 0.6) is 0 Å². The Morgan fingerprint density at radius 2 is 1.06 bits per heavy atom. The molecule has 0 aromatic carbocycles. The van der Waals surface area contributed by atoms with Crippen LogP contribution >= 0.6 is 0 Å². The van der Waals surface area contributed by atoms with Crippen molar-refractivity contribution in [3.63, 3.8) is 0 Å². The lowest BCUT2D eigenvalue weighted by molar-refractivity contribution is -0.0782. The highest BCUT2D eigenvalue weighted by Crippen LogP contribution is 1.96. The second kappa shape index (κ2) is 14.8. The molecule has 0 unspecified atom stereocenters. The molecule has 0 amide bonds. The summed E-state index contributed by atoms with van der Waals surface area (Å²) in [4.78, 5) is 0. The molecular formula is C12H26O6. The van der Waals surface area contributed by atoms with Crippen molar-refractivity contribution in [3.05, 3.63) is 0 Å².